The number of nitrogens with one attached hydrogen (secondary N) is 1. The van der Waals surface area contributed by atoms with E-state index in [1.54, 1.807) is 13.8 Å². The van der Waals surface area contributed by atoms with E-state index in [1.807, 2.05) is 0 Å². The minimum Gasteiger partial charge on any atom is -0.481 e. The van der Waals surface area contributed by atoms with Gasteiger partial charge in [0.05, 0.1) is 20.3 Å². The maximum Gasteiger partial charge on any atom is 0.236 e. The average Bonchev–Trinajstić information content (AvgIpc) is 2.25. The van der Waals surface area contributed by atoms with E-state index >= 15 is 0 Å². The SMILES string of the molecule is COc1cc(OC)nc(NC(=O)CC(C)(C)N)n1. The zero-order valence-corrected chi connectivity index (χ0v) is 11.0. The van der Waals surface area contributed by atoms with Crippen LogP contribution in [-0.4, -0.2) is 35.6 Å². The summed E-state index contributed by atoms with van der Waals surface area (Å²) in [5, 5.41) is 2.55. The first-order valence-electron chi connectivity index (χ1n) is 5.40. The van der Waals surface area contributed by atoms with Gasteiger partial charge in [0.2, 0.25) is 23.6 Å². The molecule has 0 bridgehead atoms. The van der Waals surface area contributed by atoms with Crippen LogP contribution in [0.15, 0.2) is 6.07 Å². The molecule has 0 spiro atoms. The number of carbonyl (C=O) groups excluding carboxylic acids is 1. The highest BCUT2D eigenvalue weighted by Gasteiger charge is 2.17. The Labute approximate surface area is 106 Å². The monoisotopic (exact) mass is 254 g/mol. The van der Waals surface area contributed by atoms with Crippen molar-refractivity contribution in [3.63, 3.8) is 0 Å². The molecule has 3 N–H and O–H groups in total. The van der Waals surface area contributed by atoms with Crippen LogP contribution in [0, 0.1) is 0 Å². The number of ether oxygens (including phenoxy) is 2. The lowest BCUT2D eigenvalue weighted by Gasteiger charge is -2.17. The second-order valence-corrected chi connectivity index (χ2v) is 4.49. The molecule has 7 heteroatoms. The molecule has 0 fully saturated rings. The molecule has 0 saturated heterocycles. The number of nitrogens with two attached hydrogens (primary N) is 1. The summed E-state index contributed by atoms with van der Waals surface area (Å²) in [4.78, 5) is 19.6. The van der Waals surface area contributed by atoms with Gasteiger partial charge in [-0.2, -0.15) is 9.97 Å². The van der Waals surface area contributed by atoms with Gasteiger partial charge in [-0.15, -0.1) is 0 Å². The molecule has 0 unspecified atom stereocenters. The first-order chi connectivity index (χ1) is 8.34. The number of rotatable bonds is 5. The molecule has 7 nitrogen and oxygen atoms in total. The molecule has 0 aliphatic rings. The molecule has 100 valence electrons. The summed E-state index contributed by atoms with van der Waals surface area (Å²) in [5.41, 5.74) is 5.16. The summed E-state index contributed by atoms with van der Waals surface area (Å²) in [5.74, 6) is 0.478. The van der Waals surface area contributed by atoms with Crippen LogP contribution in [0.5, 0.6) is 11.8 Å². The van der Waals surface area contributed by atoms with E-state index < -0.39 is 5.54 Å². The number of nitrogens with zero attached hydrogens (tertiary/aromatic N) is 2. The molecule has 1 heterocycles. The largest absolute Gasteiger partial charge is 0.481 e. The van der Waals surface area contributed by atoms with E-state index in [4.69, 9.17) is 15.2 Å². The Hall–Kier alpha value is -1.89. The topological polar surface area (TPSA) is 99.4 Å². The zero-order chi connectivity index (χ0) is 13.8. The number of hydrogen-bond donors (Lipinski definition) is 2. The van der Waals surface area contributed by atoms with Crippen molar-refractivity contribution >= 4 is 11.9 Å². The van der Waals surface area contributed by atoms with Crippen LogP contribution in [0.4, 0.5) is 5.95 Å². The van der Waals surface area contributed by atoms with Gasteiger partial charge >= 0.3 is 0 Å². The van der Waals surface area contributed by atoms with Gasteiger partial charge in [-0.3, -0.25) is 10.1 Å². The Morgan fingerprint density at radius 3 is 2.22 bits per heavy atom. The van der Waals surface area contributed by atoms with Gasteiger partial charge in [-0.25, -0.2) is 0 Å². The molecule has 0 aromatic carbocycles. The van der Waals surface area contributed by atoms with E-state index in [0.29, 0.717) is 11.8 Å². The van der Waals surface area contributed by atoms with Crippen molar-refractivity contribution in [1.82, 2.24) is 9.97 Å². The highest BCUT2D eigenvalue weighted by Crippen LogP contribution is 2.17. The highest BCUT2D eigenvalue weighted by molar-refractivity contribution is 5.89. The van der Waals surface area contributed by atoms with Crippen LogP contribution in [0.1, 0.15) is 20.3 Å². The van der Waals surface area contributed by atoms with Crippen molar-refractivity contribution in [1.29, 1.82) is 0 Å². The average molecular weight is 254 g/mol. The number of amides is 1. The van der Waals surface area contributed by atoms with Crippen LogP contribution in [-0.2, 0) is 4.79 Å². The normalized spacial score (nSPS) is 10.9. The van der Waals surface area contributed by atoms with Crippen molar-refractivity contribution < 1.29 is 14.3 Å². The van der Waals surface area contributed by atoms with Gasteiger partial charge in [0, 0.05) is 12.0 Å². The minimum absolute atomic E-state index is 0.125. The van der Waals surface area contributed by atoms with E-state index in [0.717, 1.165) is 0 Å². The van der Waals surface area contributed by atoms with Gasteiger partial charge in [0.25, 0.3) is 0 Å². The van der Waals surface area contributed by atoms with Gasteiger partial charge in [0.15, 0.2) is 0 Å². The summed E-state index contributed by atoms with van der Waals surface area (Å²) >= 11 is 0. The van der Waals surface area contributed by atoms with Gasteiger partial charge in [0.1, 0.15) is 0 Å². The molecule has 1 aromatic heterocycles. The second-order valence-electron chi connectivity index (χ2n) is 4.49. The van der Waals surface area contributed by atoms with E-state index in [-0.39, 0.29) is 18.3 Å². The fourth-order valence-electron chi connectivity index (χ4n) is 1.25. The predicted molar refractivity (Wildman–Crippen MR) is 66.6 cm³/mol. The van der Waals surface area contributed by atoms with Crippen LogP contribution in [0.25, 0.3) is 0 Å². The number of aromatic nitrogens is 2. The standard InChI is InChI=1S/C11H18N4O3/c1-11(2,12)6-7(16)13-10-14-8(17-3)5-9(15-10)18-4/h5H,6,12H2,1-4H3,(H,13,14,15,16). The molecule has 1 rings (SSSR count). The van der Waals surface area contributed by atoms with Crippen molar-refractivity contribution in [3.05, 3.63) is 6.07 Å². The van der Waals surface area contributed by atoms with Gasteiger partial charge in [-0.1, -0.05) is 0 Å². The van der Waals surface area contributed by atoms with Crippen molar-refractivity contribution in [2.45, 2.75) is 25.8 Å². The lowest BCUT2D eigenvalue weighted by atomic mass is 10.0. The van der Waals surface area contributed by atoms with Crippen molar-refractivity contribution in [2.24, 2.45) is 5.73 Å². The lowest BCUT2D eigenvalue weighted by Crippen LogP contribution is -2.36. The summed E-state index contributed by atoms with van der Waals surface area (Å²) < 4.78 is 9.95. The molecule has 0 radical (unpaired) electrons. The summed E-state index contributed by atoms with van der Waals surface area (Å²) in [6, 6.07) is 1.52. The summed E-state index contributed by atoms with van der Waals surface area (Å²) in [7, 11) is 2.94. The van der Waals surface area contributed by atoms with Crippen molar-refractivity contribution in [2.75, 3.05) is 19.5 Å². The number of carbonyl (C=O) groups is 1. The maximum atomic E-state index is 11.7. The Balaban J connectivity index is 2.80. The second kappa shape index (κ2) is 5.63. The van der Waals surface area contributed by atoms with E-state index in [9.17, 15) is 4.79 Å². The maximum absolute atomic E-state index is 11.7. The molecule has 18 heavy (non-hydrogen) atoms. The van der Waals surface area contributed by atoms with E-state index in [1.165, 1.54) is 20.3 Å². The summed E-state index contributed by atoms with van der Waals surface area (Å²) in [6.07, 6.45) is 0.163. The third kappa shape index (κ3) is 4.54. The molecule has 0 saturated carbocycles. The Morgan fingerprint density at radius 2 is 1.83 bits per heavy atom. The molecule has 0 atom stereocenters. The molecular weight excluding hydrogens is 236 g/mol. The number of methoxy groups -OCH3 is 2. The highest BCUT2D eigenvalue weighted by atomic mass is 16.5. The Bertz CT molecular complexity index is 407. The zero-order valence-electron chi connectivity index (χ0n) is 11.0. The van der Waals surface area contributed by atoms with Gasteiger partial charge in [-0.05, 0) is 13.8 Å². The molecule has 1 aromatic rings. The van der Waals surface area contributed by atoms with Gasteiger partial charge < -0.3 is 15.2 Å². The molecule has 1 amide bonds. The van der Waals surface area contributed by atoms with Crippen molar-refractivity contribution in [3.8, 4) is 11.8 Å². The minimum atomic E-state index is -0.590. The van der Waals surface area contributed by atoms with Crippen LogP contribution < -0.4 is 20.5 Å². The lowest BCUT2D eigenvalue weighted by molar-refractivity contribution is -0.117. The predicted octanol–water partition coefficient (Wildman–Crippen LogP) is 0.560. The summed E-state index contributed by atoms with van der Waals surface area (Å²) in [6.45, 7) is 3.53. The number of hydrogen-bond acceptors (Lipinski definition) is 6. The number of anilines is 1. The fraction of sp³-hybridized carbons (Fsp3) is 0.545. The van der Waals surface area contributed by atoms with Crippen LogP contribution >= 0.6 is 0 Å². The molecular formula is C11H18N4O3. The quantitative estimate of drug-likeness (QED) is 0.796. The van der Waals surface area contributed by atoms with Crippen LogP contribution in [0.3, 0.4) is 0 Å². The fourth-order valence-corrected chi connectivity index (χ4v) is 1.25. The first-order valence-corrected chi connectivity index (χ1v) is 5.40. The van der Waals surface area contributed by atoms with E-state index in [2.05, 4.69) is 15.3 Å². The third-order valence-corrected chi connectivity index (χ3v) is 1.96. The van der Waals surface area contributed by atoms with Crippen LogP contribution in [0.2, 0.25) is 0 Å². The molecule has 0 aliphatic carbocycles. The third-order valence-electron chi connectivity index (χ3n) is 1.96. The Morgan fingerprint density at radius 1 is 1.33 bits per heavy atom. The molecule has 0 aliphatic heterocycles. The Kier molecular flexibility index (Phi) is 4.43. The smallest absolute Gasteiger partial charge is 0.236 e. The first kappa shape index (κ1) is 14.2.